The standard InChI is InChI=1S/C7H6BrClN2O6S2/c8-6-3-5(11(12)13)4-10-7(6)18(14,15)1-2-19(9,16)17/h3-4H,1-2H2. The highest BCUT2D eigenvalue weighted by atomic mass is 79.9. The molecule has 0 saturated carbocycles. The smallest absolute Gasteiger partial charge is 0.258 e. The second kappa shape index (κ2) is 5.69. The first-order chi connectivity index (χ1) is 8.53. The normalized spacial score (nSPS) is 12.3. The van der Waals surface area contributed by atoms with Crippen molar-refractivity contribution in [3.63, 3.8) is 0 Å². The van der Waals surface area contributed by atoms with Crippen LogP contribution in [0.25, 0.3) is 0 Å². The predicted molar refractivity (Wildman–Crippen MR) is 70.3 cm³/mol. The quantitative estimate of drug-likeness (QED) is 0.416. The molecular weight excluding hydrogens is 388 g/mol. The van der Waals surface area contributed by atoms with Crippen LogP contribution in [0.4, 0.5) is 5.69 Å². The first-order valence-electron chi connectivity index (χ1n) is 4.48. The van der Waals surface area contributed by atoms with Crippen molar-refractivity contribution in [2.24, 2.45) is 0 Å². The topological polar surface area (TPSA) is 124 Å². The van der Waals surface area contributed by atoms with Crippen molar-refractivity contribution in [3.05, 3.63) is 26.9 Å². The summed E-state index contributed by atoms with van der Waals surface area (Å²) in [6.07, 6.45) is 0.771. The highest BCUT2D eigenvalue weighted by Gasteiger charge is 2.24. The molecular formula is C7H6BrClN2O6S2. The first-order valence-corrected chi connectivity index (χ1v) is 9.40. The summed E-state index contributed by atoms with van der Waals surface area (Å²) in [5.74, 6) is -1.54. The Hall–Kier alpha value is -0.780. The molecule has 0 aliphatic carbocycles. The van der Waals surface area contributed by atoms with Crippen LogP contribution < -0.4 is 0 Å². The summed E-state index contributed by atoms with van der Waals surface area (Å²) in [7, 11) is -3.05. The number of nitrogens with zero attached hydrogens (tertiary/aromatic N) is 2. The summed E-state index contributed by atoms with van der Waals surface area (Å²) in [6, 6.07) is 0.967. The van der Waals surface area contributed by atoms with E-state index in [1.165, 1.54) is 0 Å². The second-order valence-electron chi connectivity index (χ2n) is 3.30. The van der Waals surface area contributed by atoms with Crippen LogP contribution in [0.1, 0.15) is 0 Å². The van der Waals surface area contributed by atoms with Gasteiger partial charge in [-0.25, -0.2) is 21.8 Å². The van der Waals surface area contributed by atoms with Crippen molar-refractivity contribution in [1.82, 2.24) is 4.98 Å². The van der Waals surface area contributed by atoms with Gasteiger partial charge in [0.2, 0.25) is 9.05 Å². The fourth-order valence-electron chi connectivity index (χ4n) is 1.05. The van der Waals surface area contributed by atoms with Gasteiger partial charge in [0, 0.05) is 16.7 Å². The molecule has 1 aromatic rings. The fraction of sp³-hybridized carbons (Fsp3) is 0.286. The molecule has 0 aliphatic rings. The molecule has 0 atom stereocenters. The number of halogens is 2. The molecule has 8 nitrogen and oxygen atoms in total. The number of rotatable bonds is 5. The summed E-state index contributed by atoms with van der Waals surface area (Å²) in [4.78, 5) is 13.2. The molecule has 0 fully saturated rings. The minimum absolute atomic E-state index is 0.117. The Morgan fingerprint density at radius 2 is 1.89 bits per heavy atom. The summed E-state index contributed by atoms with van der Waals surface area (Å²) in [5.41, 5.74) is -0.393. The molecule has 12 heteroatoms. The van der Waals surface area contributed by atoms with Crippen molar-refractivity contribution in [2.75, 3.05) is 11.5 Å². The summed E-state index contributed by atoms with van der Waals surface area (Å²) >= 11 is 2.84. The van der Waals surface area contributed by atoms with E-state index in [9.17, 15) is 26.9 Å². The van der Waals surface area contributed by atoms with E-state index in [1.807, 2.05) is 0 Å². The lowest BCUT2D eigenvalue weighted by atomic mass is 10.4. The van der Waals surface area contributed by atoms with Gasteiger partial charge in [-0.3, -0.25) is 10.1 Å². The highest BCUT2D eigenvalue weighted by Crippen LogP contribution is 2.25. The molecule has 0 amide bonds. The van der Waals surface area contributed by atoms with E-state index in [0.29, 0.717) is 0 Å². The molecule has 0 unspecified atom stereocenters. The average Bonchev–Trinajstić information content (AvgIpc) is 2.25. The molecule has 0 aromatic carbocycles. The molecule has 1 rings (SSSR count). The van der Waals surface area contributed by atoms with Gasteiger partial charge in [0.1, 0.15) is 6.20 Å². The van der Waals surface area contributed by atoms with E-state index in [4.69, 9.17) is 10.7 Å². The number of aromatic nitrogens is 1. The van der Waals surface area contributed by atoms with Gasteiger partial charge in [-0.1, -0.05) is 0 Å². The number of sulfone groups is 1. The Kier molecular flexibility index (Phi) is 4.87. The Morgan fingerprint density at radius 3 is 2.32 bits per heavy atom. The maximum absolute atomic E-state index is 11.8. The third kappa shape index (κ3) is 4.67. The fourth-order valence-corrected chi connectivity index (χ4v) is 5.13. The Balaban J connectivity index is 3.12. The number of hydrogen-bond donors (Lipinski definition) is 0. The zero-order chi connectivity index (χ0) is 14.8. The Bertz CT molecular complexity index is 717. The Labute approximate surface area is 121 Å². The van der Waals surface area contributed by atoms with Crippen LogP contribution in [0, 0.1) is 10.1 Å². The molecule has 0 N–H and O–H groups in total. The van der Waals surface area contributed by atoms with E-state index >= 15 is 0 Å². The highest BCUT2D eigenvalue weighted by molar-refractivity contribution is 9.10. The van der Waals surface area contributed by atoms with Gasteiger partial charge < -0.3 is 0 Å². The Morgan fingerprint density at radius 1 is 1.32 bits per heavy atom. The number of hydrogen-bond acceptors (Lipinski definition) is 7. The summed E-state index contributed by atoms with van der Waals surface area (Å²) in [5, 5.41) is 10.00. The number of nitro groups is 1. The first kappa shape index (κ1) is 16.3. The molecule has 0 aliphatic heterocycles. The summed E-state index contributed by atoms with van der Waals surface area (Å²) < 4.78 is 44.9. The van der Waals surface area contributed by atoms with E-state index in [2.05, 4.69) is 20.9 Å². The minimum atomic E-state index is -4.01. The molecule has 0 bridgehead atoms. The van der Waals surface area contributed by atoms with Crippen LogP contribution >= 0.6 is 26.6 Å². The van der Waals surface area contributed by atoms with Crippen LogP contribution in [-0.2, 0) is 18.9 Å². The monoisotopic (exact) mass is 392 g/mol. The minimum Gasteiger partial charge on any atom is -0.258 e. The van der Waals surface area contributed by atoms with Gasteiger partial charge in [0.25, 0.3) is 5.69 Å². The average molecular weight is 394 g/mol. The molecule has 0 radical (unpaired) electrons. The van der Waals surface area contributed by atoms with Crippen LogP contribution in [-0.4, -0.2) is 38.2 Å². The van der Waals surface area contributed by atoms with Crippen LogP contribution in [0.2, 0.25) is 0 Å². The third-order valence-corrected chi connectivity index (χ3v) is 5.83. The van der Waals surface area contributed by atoms with Crippen LogP contribution in [0.3, 0.4) is 0 Å². The van der Waals surface area contributed by atoms with Gasteiger partial charge in [0.05, 0.1) is 20.9 Å². The van der Waals surface area contributed by atoms with Crippen molar-refractivity contribution in [1.29, 1.82) is 0 Å². The van der Waals surface area contributed by atoms with Crippen molar-refractivity contribution < 1.29 is 21.8 Å². The molecule has 106 valence electrons. The van der Waals surface area contributed by atoms with Crippen molar-refractivity contribution >= 4 is 51.2 Å². The molecule has 0 spiro atoms. The van der Waals surface area contributed by atoms with Crippen LogP contribution in [0.15, 0.2) is 21.8 Å². The lowest BCUT2D eigenvalue weighted by Gasteiger charge is -2.04. The van der Waals surface area contributed by atoms with E-state index in [-0.39, 0.29) is 4.47 Å². The van der Waals surface area contributed by atoms with Gasteiger partial charge in [0.15, 0.2) is 14.9 Å². The molecule has 0 saturated heterocycles. The second-order valence-corrected chi connectivity index (χ2v) is 9.07. The van der Waals surface area contributed by atoms with Crippen molar-refractivity contribution in [3.8, 4) is 0 Å². The third-order valence-electron chi connectivity index (χ3n) is 1.89. The zero-order valence-corrected chi connectivity index (χ0v) is 13.0. The zero-order valence-electron chi connectivity index (χ0n) is 8.99. The maximum atomic E-state index is 11.8. The van der Waals surface area contributed by atoms with Crippen molar-refractivity contribution in [2.45, 2.75) is 5.03 Å². The van der Waals surface area contributed by atoms with Gasteiger partial charge >= 0.3 is 0 Å². The molecule has 1 aromatic heterocycles. The summed E-state index contributed by atoms with van der Waals surface area (Å²) in [6.45, 7) is 0. The van der Waals surface area contributed by atoms with Gasteiger partial charge in [-0.2, -0.15) is 0 Å². The van der Waals surface area contributed by atoms with Gasteiger partial charge in [-0.05, 0) is 15.9 Å². The largest absolute Gasteiger partial charge is 0.288 e. The van der Waals surface area contributed by atoms with Crippen LogP contribution in [0.5, 0.6) is 0 Å². The van der Waals surface area contributed by atoms with E-state index < -0.39 is 46.0 Å². The van der Waals surface area contributed by atoms with E-state index in [1.54, 1.807) is 0 Å². The number of pyridine rings is 1. The molecule has 1 heterocycles. The lowest BCUT2D eigenvalue weighted by molar-refractivity contribution is -0.385. The lowest BCUT2D eigenvalue weighted by Crippen LogP contribution is -2.16. The molecule has 19 heavy (non-hydrogen) atoms. The van der Waals surface area contributed by atoms with Gasteiger partial charge in [-0.15, -0.1) is 0 Å². The van der Waals surface area contributed by atoms with E-state index in [0.717, 1.165) is 12.3 Å². The predicted octanol–water partition coefficient (Wildman–Crippen LogP) is 1.09. The maximum Gasteiger partial charge on any atom is 0.288 e. The SMILES string of the molecule is O=[N+]([O-])c1cnc(S(=O)(=O)CCS(=O)(=O)Cl)c(Br)c1.